The summed E-state index contributed by atoms with van der Waals surface area (Å²) in [5, 5.41) is 6.72. The number of nitrogens with one attached hydrogen (secondary N) is 1. The first-order chi connectivity index (χ1) is 14.8. The summed E-state index contributed by atoms with van der Waals surface area (Å²) in [7, 11) is 0. The van der Waals surface area contributed by atoms with Crippen LogP contribution in [-0.2, 0) is 24.3 Å². The Balaban J connectivity index is 1.41. The van der Waals surface area contributed by atoms with E-state index in [1.54, 1.807) is 15.7 Å². The highest BCUT2D eigenvalue weighted by molar-refractivity contribution is 7.07. The van der Waals surface area contributed by atoms with Gasteiger partial charge in [0.1, 0.15) is 5.56 Å². The molecule has 31 heavy (non-hydrogen) atoms. The monoisotopic (exact) mass is 447 g/mol. The molecule has 0 unspecified atom stereocenters. The highest BCUT2D eigenvalue weighted by atomic mass is 32.1. The quantitative estimate of drug-likeness (QED) is 0.766. The zero-order valence-electron chi connectivity index (χ0n) is 16.9. The number of rotatable bonds is 5. The van der Waals surface area contributed by atoms with E-state index < -0.39 is 30.6 Å². The standard InChI is InChI=1S/C22H23F2N3O3S/c23-22(24)7-14(8-22)20(29)26-5-3-17-15(10-26)11-27(16-1-2-16)21(30)18(17)19(28)25-9-13-4-6-31-12-13/h4,6,11-12,14,16H,1-3,5,7-10H2,(H,25,28). The lowest BCUT2D eigenvalue weighted by Crippen LogP contribution is -2.48. The predicted molar refractivity (Wildman–Crippen MR) is 111 cm³/mol. The van der Waals surface area contributed by atoms with E-state index in [2.05, 4.69) is 5.32 Å². The predicted octanol–water partition coefficient (Wildman–Crippen LogP) is 3.10. The molecule has 2 aromatic heterocycles. The number of nitrogens with zero attached hydrogens (tertiary/aromatic N) is 2. The number of amides is 2. The Morgan fingerprint density at radius 2 is 2.03 bits per heavy atom. The molecular formula is C22H23F2N3O3S. The van der Waals surface area contributed by atoms with Gasteiger partial charge in [-0.2, -0.15) is 11.3 Å². The molecule has 5 rings (SSSR count). The topological polar surface area (TPSA) is 71.4 Å². The van der Waals surface area contributed by atoms with Crippen molar-refractivity contribution >= 4 is 23.2 Å². The molecular weight excluding hydrogens is 424 g/mol. The van der Waals surface area contributed by atoms with Crippen LogP contribution in [0.1, 0.15) is 58.8 Å². The lowest BCUT2D eigenvalue weighted by Gasteiger charge is -2.39. The zero-order valence-corrected chi connectivity index (χ0v) is 17.7. The van der Waals surface area contributed by atoms with Crippen LogP contribution in [0.5, 0.6) is 0 Å². The number of fused-ring (bicyclic) bond motifs is 1. The molecule has 1 aliphatic heterocycles. The van der Waals surface area contributed by atoms with E-state index in [-0.39, 0.29) is 29.6 Å². The molecule has 0 atom stereocenters. The number of hydrogen-bond acceptors (Lipinski definition) is 4. The van der Waals surface area contributed by atoms with Crippen molar-refractivity contribution in [2.75, 3.05) is 6.54 Å². The summed E-state index contributed by atoms with van der Waals surface area (Å²) in [6.45, 7) is 0.912. The Kier molecular flexibility index (Phi) is 4.96. The van der Waals surface area contributed by atoms with Crippen LogP contribution in [0.2, 0.25) is 0 Å². The van der Waals surface area contributed by atoms with Gasteiger partial charge in [-0.15, -0.1) is 0 Å². The second kappa shape index (κ2) is 7.55. The van der Waals surface area contributed by atoms with Crippen molar-refractivity contribution in [2.24, 2.45) is 5.92 Å². The Hall–Kier alpha value is -2.55. The van der Waals surface area contributed by atoms with Crippen molar-refractivity contribution in [2.45, 2.75) is 57.2 Å². The molecule has 2 amide bonds. The van der Waals surface area contributed by atoms with Gasteiger partial charge in [0.15, 0.2) is 0 Å². The average molecular weight is 448 g/mol. The summed E-state index contributed by atoms with van der Waals surface area (Å²) in [6.07, 6.45) is 3.11. The molecule has 1 N–H and O–H groups in total. The highest BCUT2D eigenvalue weighted by Crippen LogP contribution is 2.43. The number of alkyl halides is 2. The van der Waals surface area contributed by atoms with Crippen LogP contribution in [-0.4, -0.2) is 33.7 Å². The van der Waals surface area contributed by atoms with Gasteiger partial charge in [-0.05, 0) is 52.8 Å². The van der Waals surface area contributed by atoms with E-state index in [4.69, 9.17) is 0 Å². The van der Waals surface area contributed by atoms with E-state index in [1.807, 2.05) is 16.8 Å². The Morgan fingerprint density at radius 3 is 2.68 bits per heavy atom. The molecule has 3 aliphatic rings. The van der Waals surface area contributed by atoms with Crippen LogP contribution >= 0.6 is 11.3 Å². The fraction of sp³-hybridized carbons (Fsp3) is 0.500. The number of hydrogen-bond donors (Lipinski definition) is 1. The molecule has 0 bridgehead atoms. The van der Waals surface area contributed by atoms with E-state index in [0.717, 1.165) is 24.0 Å². The first kappa shape index (κ1) is 20.4. The molecule has 0 aromatic carbocycles. The Labute approximate surface area is 181 Å². The maximum absolute atomic E-state index is 13.2. The van der Waals surface area contributed by atoms with Gasteiger partial charge >= 0.3 is 0 Å². The van der Waals surface area contributed by atoms with Gasteiger partial charge in [-0.3, -0.25) is 14.4 Å². The number of halogens is 2. The fourth-order valence-electron chi connectivity index (χ4n) is 4.48. The smallest absolute Gasteiger partial charge is 0.263 e. The van der Waals surface area contributed by atoms with Crippen LogP contribution in [0.4, 0.5) is 8.78 Å². The third kappa shape index (κ3) is 3.91. The van der Waals surface area contributed by atoms with Gasteiger partial charge in [0.2, 0.25) is 11.8 Å². The van der Waals surface area contributed by atoms with Gasteiger partial charge in [0, 0.05) is 50.6 Å². The normalized spacial score (nSPS) is 20.1. The fourth-order valence-corrected chi connectivity index (χ4v) is 5.15. The van der Waals surface area contributed by atoms with Crippen molar-refractivity contribution in [3.8, 4) is 0 Å². The molecule has 6 nitrogen and oxygen atoms in total. The lowest BCUT2D eigenvalue weighted by atomic mass is 9.80. The lowest BCUT2D eigenvalue weighted by molar-refractivity contribution is -0.160. The van der Waals surface area contributed by atoms with Crippen molar-refractivity contribution in [3.63, 3.8) is 0 Å². The van der Waals surface area contributed by atoms with Crippen molar-refractivity contribution in [1.29, 1.82) is 0 Å². The summed E-state index contributed by atoms with van der Waals surface area (Å²) < 4.78 is 28.0. The molecule has 164 valence electrons. The second-order valence-corrected chi connectivity index (χ2v) is 9.52. The number of carbonyl (C=O) groups is 2. The summed E-state index contributed by atoms with van der Waals surface area (Å²) in [4.78, 5) is 40.4. The molecule has 2 fully saturated rings. The summed E-state index contributed by atoms with van der Waals surface area (Å²) in [5.74, 6) is -4.04. The minimum absolute atomic E-state index is 0.0811. The summed E-state index contributed by atoms with van der Waals surface area (Å²) >= 11 is 1.54. The number of pyridine rings is 1. The number of carbonyl (C=O) groups excluding carboxylic acids is 2. The molecule has 3 heterocycles. The van der Waals surface area contributed by atoms with Crippen molar-refractivity contribution in [3.05, 3.63) is 55.6 Å². The maximum atomic E-state index is 13.2. The van der Waals surface area contributed by atoms with Crippen LogP contribution in [0.25, 0.3) is 0 Å². The second-order valence-electron chi connectivity index (χ2n) is 8.74. The Bertz CT molecular complexity index is 1080. The van der Waals surface area contributed by atoms with E-state index in [9.17, 15) is 23.2 Å². The molecule has 0 radical (unpaired) electrons. The number of aromatic nitrogens is 1. The minimum atomic E-state index is -2.74. The SMILES string of the molecule is O=C(NCc1ccsc1)c1c2c(cn(C3CC3)c1=O)CN(C(=O)C1CC(F)(F)C1)CC2. The number of thiophene rings is 1. The van der Waals surface area contributed by atoms with E-state index in [0.29, 0.717) is 25.1 Å². The van der Waals surface area contributed by atoms with Crippen LogP contribution in [0.15, 0.2) is 27.8 Å². The van der Waals surface area contributed by atoms with Crippen molar-refractivity contribution in [1.82, 2.24) is 14.8 Å². The zero-order chi connectivity index (χ0) is 21.8. The van der Waals surface area contributed by atoms with E-state index >= 15 is 0 Å². The first-order valence-corrected chi connectivity index (χ1v) is 11.5. The first-order valence-electron chi connectivity index (χ1n) is 10.6. The van der Waals surface area contributed by atoms with Crippen molar-refractivity contribution < 1.29 is 18.4 Å². The molecule has 2 aliphatic carbocycles. The maximum Gasteiger partial charge on any atom is 0.263 e. The molecule has 2 aromatic rings. The minimum Gasteiger partial charge on any atom is -0.348 e. The van der Waals surface area contributed by atoms with Gasteiger partial charge < -0.3 is 14.8 Å². The third-order valence-electron chi connectivity index (χ3n) is 6.38. The summed E-state index contributed by atoms with van der Waals surface area (Å²) in [5.41, 5.74) is 2.27. The van der Waals surface area contributed by atoms with Gasteiger partial charge in [-0.25, -0.2) is 8.78 Å². The van der Waals surface area contributed by atoms with Crippen LogP contribution in [0.3, 0.4) is 0 Å². The molecule has 2 saturated carbocycles. The van der Waals surface area contributed by atoms with Gasteiger partial charge in [-0.1, -0.05) is 0 Å². The average Bonchev–Trinajstić information content (AvgIpc) is 3.43. The molecule has 0 saturated heterocycles. The molecule has 9 heteroatoms. The highest BCUT2D eigenvalue weighted by Gasteiger charge is 2.50. The molecule has 0 spiro atoms. The third-order valence-corrected chi connectivity index (χ3v) is 7.11. The van der Waals surface area contributed by atoms with Crippen LogP contribution in [0, 0.1) is 5.92 Å². The summed E-state index contributed by atoms with van der Waals surface area (Å²) in [6, 6.07) is 2.00. The van der Waals surface area contributed by atoms with E-state index in [1.165, 1.54) is 11.3 Å². The Morgan fingerprint density at radius 1 is 1.26 bits per heavy atom. The van der Waals surface area contributed by atoms with Gasteiger partial charge in [0.05, 0.1) is 0 Å². The van der Waals surface area contributed by atoms with Gasteiger partial charge in [0.25, 0.3) is 11.5 Å². The van der Waals surface area contributed by atoms with Crippen LogP contribution < -0.4 is 10.9 Å². The largest absolute Gasteiger partial charge is 0.348 e.